The smallest absolute Gasteiger partial charge is 0.327 e. The molecule has 1 atom stereocenters. The van der Waals surface area contributed by atoms with Gasteiger partial charge in [-0.3, -0.25) is 9.79 Å². The van der Waals surface area contributed by atoms with E-state index in [1.165, 1.54) is 11.8 Å². The van der Waals surface area contributed by atoms with E-state index in [0.29, 0.717) is 18.0 Å². The molecule has 1 unspecified atom stereocenters. The number of ether oxygens (including phenoxy) is 1. The van der Waals surface area contributed by atoms with E-state index in [4.69, 9.17) is 0 Å². The predicted molar refractivity (Wildman–Crippen MR) is 109 cm³/mol. The summed E-state index contributed by atoms with van der Waals surface area (Å²) in [5.41, 5.74) is 1.05. The number of rotatable bonds is 7. The van der Waals surface area contributed by atoms with Gasteiger partial charge in [0.1, 0.15) is 12.2 Å². The summed E-state index contributed by atoms with van der Waals surface area (Å²) >= 11 is 0. The molecule has 1 rings (SSSR count). The molecular weight excluding hydrogens is 435 g/mol. The Labute approximate surface area is 167 Å². The maximum atomic E-state index is 11.2. The number of hydrogen-bond donors (Lipinski definition) is 2. The van der Waals surface area contributed by atoms with Gasteiger partial charge in [0.15, 0.2) is 5.96 Å². The van der Waals surface area contributed by atoms with Crippen molar-refractivity contribution >= 4 is 35.9 Å². The van der Waals surface area contributed by atoms with Crippen molar-refractivity contribution in [3.05, 3.63) is 11.9 Å². The Morgan fingerprint density at radius 2 is 2.12 bits per heavy atom. The highest BCUT2D eigenvalue weighted by molar-refractivity contribution is 14.0. The van der Waals surface area contributed by atoms with Gasteiger partial charge in [0.2, 0.25) is 0 Å². The number of carbonyl (C=O) groups is 1. The molecule has 0 spiro atoms. The SMILES string of the molecule is CN=C(NCc1cn(CC(=O)OC)nn1)NC(C)CCC(C)(C)C.I. The third-order valence-electron chi connectivity index (χ3n) is 3.48. The van der Waals surface area contributed by atoms with E-state index < -0.39 is 0 Å². The summed E-state index contributed by atoms with van der Waals surface area (Å²) in [7, 11) is 3.08. The van der Waals surface area contributed by atoms with Crippen LogP contribution in [0.1, 0.15) is 46.2 Å². The highest BCUT2D eigenvalue weighted by Crippen LogP contribution is 2.21. The molecule has 0 saturated carbocycles. The molecule has 1 heterocycles. The fourth-order valence-electron chi connectivity index (χ4n) is 2.02. The quantitative estimate of drug-likeness (QED) is 0.276. The Bertz CT molecular complexity index is 553. The van der Waals surface area contributed by atoms with Crippen molar-refractivity contribution < 1.29 is 9.53 Å². The van der Waals surface area contributed by atoms with Gasteiger partial charge in [-0.15, -0.1) is 29.1 Å². The maximum absolute atomic E-state index is 11.2. The van der Waals surface area contributed by atoms with Crippen LogP contribution in [-0.4, -0.2) is 47.1 Å². The van der Waals surface area contributed by atoms with Gasteiger partial charge >= 0.3 is 5.97 Å². The molecule has 0 amide bonds. The molecule has 144 valence electrons. The molecule has 1 aromatic heterocycles. The molecule has 0 aliphatic carbocycles. The zero-order valence-electron chi connectivity index (χ0n) is 16.0. The normalized spacial score (nSPS) is 13.0. The second kappa shape index (κ2) is 11.3. The van der Waals surface area contributed by atoms with E-state index in [1.54, 1.807) is 13.2 Å². The number of esters is 1. The fraction of sp³-hybridized carbons (Fsp3) is 0.750. The number of aromatic nitrogens is 3. The average molecular weight is 466 g/mol. The highest BCUT2D eigenvalue weighted by atomic mass is 127. The van der Waals surface area contributed by atoms with Crippen molar-refractivity contribution in [2.24, 2.45) is 10.4 Å². The Morgan fingerprint density at radius 1 is 1.44 bits per heavy atom. The first-order chi connectivity index (χ1) is 11.2. The van der Waals surface area contributed by atoms with Gasteiger partial charge in [-0.2, -0.15) is 0 Å². The van der Waals surface area contributed by atoms with Gasteiger partial charge in [0.05, 0.1) is 19.9 Å². The topological polar surface area (TPSA) is 93.4 Å². The van der Waals surface area contributed by atoms with Gasteiger partial charge in [-0.25, -0.2) is 4.68 Å². The third kappa shape index (κ3) is 10.3. The van der Waals surface area contributed by atoms with Crippen LogP contribution in [0.2, 0.25) is 0 Å². The highest BCUT2D eigenvalue weighted by Gasteiger charge is 2.13. The summed E-state index contributed by atoms with van der Waals surface area (Å²) in [6.07, 6.45) is 3.92. The van der Waals surface area contributed by atoms with Crippen LogP contribution in [0.25, 0.3) is 0 Å². The summed E-state index contributed by atoms with van der Waals surface area (Å²) in [5.74, 6) is 0.364. The number of halogens is 1. The summed E-state index contributed by atoms with van der Waals surface area (Å²) in [4.78, 5) is 15.4. The Kier molecular flexibility index (Phi) is 10.6. The molecule has 25 heavy (non-hydrogen) atoms. The van der Waals surface area contributed by atoms with Crippen LogP contribution in [0.5, 0.6) is 0 Å². The summed E-state index contributed by atoms with van der Waals surface area (Å²) in [5, 5.41) is 14.5. The summed E-state index contributed by atoms with van der Waals surface area (Å²) in [6, 6.07) is 0.324. The number of carbonyl (C=O) groups excluding carboxylic acids is 1. The van der Waals surface area contributed by atoms with Gasteiger partial charge in [0.25, 0.3) is 0 Å². The second-order valence-corrected chi connectivity index (χ2v) is 7.05. The van der Waals surface area contributed by atoms with Crippen molar-refractivity contribution in [2.45, 2.75) is 59.7 Å². The molecule has 9 heteroatoms. The monoisotopic (exact) mass is 466 g/mol. The molecular formula is C16H31IN6O2. The zero-order chi connectivity index (χ0) is 18.2. The second-order valence-electron chi connectivity index (χ2n) is 7.05. The van der Waals surface area contributed by atoms with Gasteiger partial charge < -0.3 is 15.4 Å². The lowest BCUT2D eigenvalue weighted by Crippen LogP contribution is -2.42. The molecule has 1 aromatic rings. The van der Waals surface area contributed by atoms with Crippen molar-refractivity contribution in [1.82, 2.24) is 25.6 Å². The van der Waals surface area contributed by atoms with Crippen LogP contribution >= 0.6 is 24.0 Å². The van der Waals surface area contributed by atoms with Crippen LogP contribution in [0.15, 0.2) is 11.2 Å². The van der Waals surface area contributed by atoms with E-state index in [0.717, 1.165) is 24.5 Å². The fourth-order valence-corrected chi connectivity index (χ4v) is 2.02. The summed E-state index contributed by atoms with van der Waals surface area (Å²) < 4.78 is 6.05. The number of hydrogen-bond acceptors (Lipinski definition) is 5. The maximum Gasteiger partial charge on any atom is 0.327 e. The Balaban J connectivity index is 0.00000576. The first-order valence-electron chi connectivity index (χ1n) is 8.16. The molecule has 0 fully saturated rings. The van der Waals surface area contributed by atoms with Gasteiger partial charge in [-0.05, 0) is 25.2 Å². The minimum Gasteiger partial charge on any atom is -0.468 e. The Morgan fingerprint density at radius 3 is 2.68 bits per heavy atom. The lowest BCUT2D eigenvalue weighted by atomic mass is 9.89. The molecule has 0 aromatic carbocycles. The average Bonchev–Trinajstić information content (AvgIpc) is 2.95. The van der Waals surface area contributed by atoms with Crippen LogP contribution in [0.3, 0.4) is 0 Å². The van der Waals surface area contributed by atoms with E-state index in [2.05, 4.69) is 58.4 Å². The molecule has 0 aliphatic rings. The minimum absolute atomic E-state index is 0. The summed E-state index contributed by atoms with van der Waals surface area (Å²) in [6.45, 7) is 9.40. The number of aliphatic imine (C=N–C) groups is 1. The van der Waals surface area contributed by atoms with E-state index in [9.17, 15) is 4.79 Å². The van der Waals surface area contributed by atoms with Gasteiger partial charge in [0, 0.05) is 13.1 Å². The lowest BCUT2D eigenvalue weighted by Gasteiger charge is -2.22. The predicted octanol–water partition coefficient (Wildman–Crippen LogP) is 1.95. The number of guanidine groups is 1. The van der Waals surface area contributed by atoms with Crippen molar-refractivity contribution in [1.29, 1.82) is 0 Å². The number of methoxy groups -OCH3 is 1. The zero-order valence-corrected chi connectivity index (χ0v) is 18.3. The van der Waals surface area contributed by atoms with Crippen LogP contribution in [0, 0.1) is 5.41 Å². The van der Waals surface area contributed by atoms with Gasteiger partial charge in [-0.1, -0.05) is 26.0 Å². The molecule has 0 radical (unpaired) electrons. The van der Waals surface area contributed by atoms with Crippen LogP contribution in [-0.2, 0) is 22.6 Å². The first-order valence-corrected chi connectivity index (χ1v) is 8.16. The first kappa shape index (κ1) is 23.6. The van der Waals surface area contributed by atoms with E-state index in [1.807, 2.05) is 0 Å². The molecule has 0 bridgehead atoms. The third-order valence-corrected chi connectivity index (χ3v) is 3.48. The van der Waals surface area contributed by atoms with E-state index in [-0.39, 0.29) is 36.5 Å². The Hall–Kier alpha value is -1.39. The molecule has 0 saturated heterocycles. The minimum atomic E-state index is -0.357. The largest absolute Gasteiger partial charge is 0.468 e. The molecule has 2 N–H and O–H groups in total. The number of nitrogens with zero attached hydrogens (tertiary/aromatic N) is 4. The lowest BCUT2D eigenvalue weighted by molar-refractivity contribution is -0.141. The molecule has 8 nitrogen and oxygen atoms in total. The van der Waals surface area contributed by atoms with Crippen molar-refractivity contribution in [3.63, 3.8) is 0 Å². The van der Waals surface area contributed by atoms with Crippen molar-refractivity contribution in [3.8, 4) is 0 Å². The number of nitrogens with one attached hydrogen (secondary N) is 2. The standard InChI is InChI=1S/C16H30N6O2.HI/c1-12(7-8-16(2,3)4)19-15(17-5)18-9-13-10-22(21-20-13)11-14(23)24-6;/h10,12H,7-9,11H2,1-6H3,(H2,17,18,19);1H. The van der Waals surface area contributed by atoms with Crippen LogP contribution < -0.4 is 10.6 Å². The van der Waals surface area contributed by atoms with Crippen LogP contribution in [0.4, 0.5) is 0 Å². The molecule has 0 aliphatic heterocycles. The van der Waals surface area contributed by atoms with Crippen molar-refractivity contribution in [2.75, 3.05) is 14.2 Å². The van der Waals surface area contributed by atoms with E-state index >= 15 is 0 Å².